The normalized spacial score (nSPS) is 11.5. The van der Waals surface area contributed by atoms with E-state index in [0.717, 1.165) is 0 Å². The number of carbonyl (C=O) groups excluding carboxylic acids is 1. The Kier molecular flexibility index (Phi) is 6.35. The minimum absolute atomic E-state index is 0.00491. The van der Waals surface area contributed by atoms with Crippen LogP contribution in [0.1, 0.15) is 5.56 Å². The van der Waals surface area contributed by atoms with Crippen LogP contribution in [0, 0.1) is 0 Å². The number of nitrogens with one attached hydrogen (secondary N) is 1. The van der Waals surface area contributed by atoms with Crippen LogP contribution >= 0.6 is 23.2 Å². The van der Waals surface area contributed by atoms with Crippen LogP contribution in [0.3, 0.4) is 0 Å². The molecule has 1 unspecified atom stereocenters. The topological polar surface area (TPSA) is 75.6 Å². The monoisotopic (exact) mass is 317 g/mol. The number of carboxylic acid groups (broad SMARTS) is 1. The predicted molar refractivity (Wildman–Crippen MR) is 76.3 cm³/mol. The Labute approximate surface area is 126 Å². The van der Waals surface area contributed by atoms with Crippen LogP contribution < -0.4 is 5.32 Å². The van der Waals surface area contributed by atoms with E-state index in [1.165, 1.54) is 6.08 Å². The highest BCUT2D eigenvalue weighted by Crippen LogP contribution is 2.23. The maximum absolute atomic E-state index is 11.3. The second-order valence-electron chi connectivity index (χ2n) is 3.87. The van der Waals surface area contributed by atoms with Gasteiger partial charge in [-0.05, 0) is 17.7 Å². The van der Waals surface area contributed by atoms with Crippen molar-refractivity contribution in [1.82, 2.24) is 5.32 Å². The Morgan fingerprint density at radius 3 is 2.65 bits per heavy atom. The van der Waals surface area contributed by atoms with Crippen LogP contribution in [0.15, 0.2) is 30.9 Å². The molecule has 0 saturated carbocycles. The molecule has 20 heavy (non-hydrogen) atoms. The summed E-state index contributed by atoms with van der Waals surface area (Å²) < 4.78 is 4.67. The number of halogens is 2. The lowest BCUT2D eigenvalue weighted by molar-refractivity contribution is -0.139. The number of carboxylic acids is 1. The molecule has 0 saturated heterocycles. The summed E-state index contributed by atoms with van der Waals surface area (Å²) >= 11 is 11.6. The third kappa shape index (κ3) is 5.11. The summed E-state index contributed by atoms with van der Waals surface area (Å²) in [6.45, 7) is 3.39. The average Bonchev–Trinajstić information content (AvgIpc) is 2.39. The first-order valence-corrected chi connectivity index (χ1v) is 6.40. The molecule has 0 aliphatic rings. The van der Waals surface area contributed by atoms with Gasteiger partial charge in [-0.1, -0.05) is 41.9 Å². The molecule has 0 aliphatic carbocycles. The fraction of sp³-hybridized carbons (Fsp3) is 0.231. The second kappa shape index (κ2) is 7.77. The molecule has 1 amide bonds. The summed E-state index contributed by atoms with van der Waals surface area (Å²) in [5.74, 6) is -1.17. The van der Waals surface area contributed by atoms with Gasteiger partial charge < -0.3 is 15.2 Å². The highest BCUT2D eigenvalue weighted by Gasteiger charge is 2.21. The largest absolute Gasteiger partial charge is 0.480 e. The number of benzene rings is 1. The fourth-order valence-corrected chi connectivity index (χ4v) is 1.74. The minimum atomic E-state index is -1.17. The summed E-state index contributed by atoms with van der Waals surface area (Å²) in [5.41, 5.74) is 0.635. The first-order valence-electron chi connectivity index (χ1n) is 5.65. The zero-order valence-electron chi connectivity index (χ0n) is 10.4. The molecule has 0 aliphatic heterocycles. The van der Waals surface area contributed by atoms with Crippen molar-refractivity contribution in [2.75, 3.05) is 6.61 Å². The number of rotatable bonds is 6. The Hall–Kier alpha value is -1.72. The molecule has 0 bridgehead atoms. The van der Waals surface area contributed by atoms with Crippen molar-refractivity contribution < 1.29 is 19.4 Å². The first kappa shape index (κ1) is 16.3. The summed E-state index contributed by atoms with van der Waals surface area (Å²) in [6.07, 6.45) is 0.626. The van der Waals surface area contributed by atoms with Gasteiger partial charge in [0.05, 0.1) is 10.0 Å². The van der Waals surface area contributed by atoms with Gasteiger partial charge in [0.1, 0.15) is 12.6 Å². The Bertz CT molecular complexity index is 519. The van der Waals surface area contributed by atoms with E-state index in [1.54, 1.807) is 18.2 Å². The Morgan fingerprint density at radius 1 is 1.40 bits per heavy atom. The third-order valence-corrected chi connectivity index (χ3v) is 3.09. The van der Waals surface area contributed by atoms with Gasteiger partial charge in [-0.2, -0.15) is 0 Å². The molecule has 1 atom stereocenters. The van der Waals surface area contributed by atoms with Gasteiger partial charge in [0.15, 0.2) is 0 Å². The summed E-state index contributed by atoms with van der Waals surface area (Å²) in [4.78, 5) is 22.5. The lowest BCUT2D eigenvalue weighted by Crippen LogP contribution is -2.42. The predicted octanol–water partition coefficient (Wildman–Crippen LogP) is 2.90. The van der Waals surface area contributed by atoms with Crippen LogP contribution in [0.25, 0.3) is 0 Å². The van der Waals surface area contributed by atoms with E-state index < -0.39 is 18.1 Å². The van der Waals surface area contributed by atoms with E-state index in [-0.39, 0.29) is 13.0 Å². The van der Waals surface area contributed by atoms with Crippen LogP contribution in [-0.2, 0) is 16.0 Å². The average molecular weight is 318 g/mol. The van der Waals surface area contributed by atoms with Gasteiger partial charge in [0.2, 0.25) is 0 Å². The molecule has 1 aromatic carbocycles. The lowest BCUT2D eigenvalue weighted by Gasteiger charge is -2.14. The lowest BCUT2D eigenvalue weighted by atomic mass is 10.1. The van der Waals surface area contributed by atoms with Gasteiger partial charge in [-0.15, -0.1) is 0 Å². The molecule has 5 nitrogen and oxygen atoms in total. The van der Waals surface area contributed by atoms with Crippen LogP contribution in [0.2, 0.25) is 10.0 Å². The SMILES string of the molecule is C=CCOC(=O)NC(Cc1ccc(Cl)c(Cl)c1)C(=O)O. The van der Waals surface area contributed by atoms with E-state index in [0.29, 0.717) is 15.6 Å². The van der Waals surface area contributed by atoms with Gasteiger partial charge in [0.25, 0.3) is 0 Å². The number of alkyl carbamates (subject to hydrolysis) is 1. The van der Waals surface area contributed by atoms with Crippen molar-refractivity contribution >= 4 is 35.3 Å². The van der Waals surface area contributed by atoms with Crippen molar-refractivity contribution in [3.63, 3.8) is 0 Å². The van der Waals surface area contributed by atoms with Crippen molar-refractivity contribution in [3.8, 4) is 0 Å². The number of hydrogen-bond acceptors (Lipinski definition) is 3. The van der Waals surface area contributed by atoms with Crippen molar-refractivity contribution in [2.45, 2.75) is 12.5 Å². The number of hydrogen-bond donors (Lipinski definition) is 2. The van der Waals surface area contributed by atoms with Crippen molar-refractivity contribution in [2.24, 2.45) is 0 Å². The summed E-state index contributed by atoms with van der Waals surface area (Å²) in [7, 11) is 0. The van der Waals surface area contributed by atoms with Crippen molar-refractivity contribution in [1.29, 1.82) is 0 Å². The third-order valence-electron chi connectivity index (χ3n) is 2.35. The van der Waals surface area contributed by atoms with E-state index in [9.17, 15) is 9.59 Å². The molecular weight excluding hydrogens is 305 g/mol. The maximum atomic E-state index is 11.3. The molecule has 0 aromatic heterocycles. The molecule has 1 rings (SSSR count). The smallest absolute Gasteiger partial charge is 0.408 e. The first-order chi connectivity index (χ1) is 9.43. The van der Waals surface area contributed by atoms with Crippen LogP contribution in [0.4, 0.5) is 4.79 Å². The molecular formula is C13H13Cl2NO4. The van der Waals surface area contributed by atoms with Gasteiger partial charge in [0, 0.05) is 6.42 Å². The van der Waals surface area contributed by atoms with Crippen LogP contribution in [0.5, 0.6) is 0 Å². The Balaban J connectivity index is 2.71. The highest BCUT2D eigenvalue weighted by molar-refractivity contribution is 6.42. The van der Waals surface area contributed by atoms with E-state index >= 15 is 0 Å². The quantitative estimate of drug-likeness (QED) is 0.791. The fourth-order valence-electron chi connectivity index (χ4n) is 1.42. The van der Waals surface area contributed by atoms with Gasteiger partial charge in [-0.3, -0.25) is 0 Å². The molecule has 108 valence electrons. The number of aliphatic carboxylic acids is 1. The van der Waals surface area contributed by atoms with Gasteiger partial charge in [-0.25, -0.2) is 9.59 Å². The summed E-state index contributed by atoms with van der Waals surface area (Å²) in [5, 5.41) is 12.0. The molecule has 1 aromatic rings. The molecule has 0 fully saturated rings. The van der Waals surface area contributed by atoms with E-state index in [4.69, 9.17) is 28.3 Å². The molecule has 0 radical (unpaired) electrons. The minimum Gasteiger partial charge on any atom is -0.480 e. The second-order valence-corrected chi connectivity index (χ2v) is 4.69. The zero-order valence-corrected chi connectivity index (χ0v) is 11.9. The molecule has 0 heterocycles. The zero-order chi connectivity index (χ0) is 15.1. The standard InChI is InChI=1S/C13H13Cl2NO4/c1-2-5-20-13(19)16-11(12(17)18)7-8-3-4-9(14)10(15)6-8/h2-4,6,11H,1,5,7H2,(H,16,19)(H,17,18). The van der Waals surface area contributed by atoms with E-state index in [1.807, 2.05) is 0 Å². The molecule has 7 heteroatoms. The van der Waals surface area contributed by atoms with Crippen LogP contribution in [-0.4, -0.2) is 29.8 Å². The highest BCUT2D eigenvalue weighted by atomic mass is 35.5. The van der Waals surface area contributed by atoms with Crippen molar-refractivity contribution in [3.05, 3.63) is 46.5 Å². The maximum Gasteiger partial charge on any atom is 0.408 e. The molecule has 0 spiro atoms. The number of ether oxygens (including phenoxy) is 1. The summed E-state index contributed by atoms with van der Waals surface area (Å²) in [6, 6.07) is 3.63. The van der Waals surface area contributed by atoms with Gasteiger partial charge >= 0.3 is 12.1 Å². The molecule has 2 N–H and O–H groups in total. The number of amides is 1. The van der Waals surface area contributed by atoms with E-state index in [2.05, 4.69) is 16.6 Å². The number of carbonyl (C=O) groups is 2. The Morgan fingerprint density at radius 2 is 2.10 bits per heavy atom.